The van der Waals surface area contributed by atoms with E-state index in [0.717, 1.165) is 47.2 Å². The average molecular weight is 607 g/mol. The van der Waals surface area contributed by atoms with Gasteiger partial charge in [-0.25, -0.2) is 19.5 Å². The highest BCUT2D eigenvalue weighted by atomic mass is 32.1. The minimum Gasteiger partial charge on any atom is -0.497 e. The van der Waals surface area contributed by atoms with E-state index in [-0.39, 0.29) is 19.1 Å². The summed E-state index contributed by atoms with van der Waals surface area (Å²) < 4.78 is 14.4. The highest BCUT2D eigenvalue weighted by Crippen LogP contribution is 2.39. The molecule has 10 nitrogen and oxygen atoms in total. The number of methoxy groups -OCH3 is 1. The maximum absolute atomic E-state index is 12.7. The molecule has 0 radical (unpaired) electrons. The quantitative estimate of drug-likeness (QED) is 0.216. The normalized spacial score (nSPS) is 11.4. The van der Waals surface area contributed by atoms with Crippen LogP contribution >= 0.6 is 34.0 Å². The van der Waals surface area contributed by atoms with Crippen molar-refractivity contribution in [3.8, 4) is 32.8 Å². The van der Waals surface area contributed by atoms with Crippen molar-refractivity contribution < 1.29 is 19.4 Å². The molecule has 1 amide bonds. The molecule has 2 aromatic carbocycles. The van der Waals surface area contributed by atoms with Crippen molar-refractivity contribution in [2.45, 2.75) is 20.5 Å². The molecule has 0 aliphatic heterocycles. The van der Waals surface area contributed by atoms with E-state index in [1.165, 1.54) is 34.0 Å². The first-order chi connectivity index (χ1) is 19.9. The maximum atomic E-state index is 12.7. The Balaban J connectivity index is 1.20. The average Bonchev–Trinajstić information content (AvgIpc) is 3.77. The lowest BCUT2D eigenvalue weighted by Gasteiger charge is -2.19. The first-order valence-electron chi connectivity index (χ1n) is 12.8. The van der Waals surface area contributed by atoms with Crippen LogP contribution in [0, 0.1) is 6.92 Å². The van der Waals surface area contributed by atoms with Crippen LogP contribution in [0.25, 0.3) is 36.5 Å². The van der Waals surface area contributed by atoms with Crippen molar-refractivity contribution in [2.24, 2.45) is 0 Å². The Kier molecular flexibility index (Phi) is 7.67. The summed E-state index contributed by atoms with van der Waals surface area (Å²) in [5.41, 5.74) is 3.83. The van der Waals surface area contributed by atoms with E-state index >= 15 is 0 Å². The largest absolute Gasteiger partial charge is 0.497 e. The van der Waals surface area contributed by atoms with Gasteiger partial charge in [-0.1, -0.05) is 23.5 Å². The molecule has 4 aromatic heterocycles. The minimum atomic E-state index is -0.100. The number of carbonyl (C=O) groups excluding carboxylic acids is 1. The molecule has 0 saturated carbocycles. The molecule has 13 heteroatoms. The third kappa shape index (κ3) is 5.53. The Bertz CT molecular complexity index is 1810. The van der Waals surface area contributed by atoms with Crippen LogP contribution in [-0.2, 0) is 6.61 Å². The molecule has 0 spiro atoms. The van der Waals surface area contributed by atoms with E-state index in [1.54, 1.807) is 28.7 Å². The Morgan fingerprint density at radius 2 is 1.93 bits per heavy atom. The second kappa shape index (κ2) is 11.5. The number of aliphatic hydroxyl groups is 1. The molecule has 0 saturated heterocycles. The fourth-order valence-corrected chi connectivity index (χ4v) is 6.84. The molecule has 0 aliphatic rings. The lowest BCUT2D eigenvalue weighted by atomic mass is 10.1. The molecule has 6 aromatic rings. The number of carbonyl (C=O) groups is 1. The van der Waals surface area contributed by atoms with Gasteiger partial charge in [0.2, 0.25) is 4.96 Å². The summed E-state index contributed by atoms with van der Waals surface area (Å²) >= 11 is 4.57. The first kappa shape index (κ1) is 27.3. The number of aryl methyl sites for hydroxylation is 1. The molecule has 0 fully saturated rings. The van der Waals surface area contributed by atoms with Gasteiger partial charge in [-0.15, -0.1) is 22.7 Å². The van der Waals surface area contributed by atoms with Crippen LogP contribution in [0.3, 0.4) is 0 Å². The van der Waals surface area contributed by atoms with E-state index < -0.39 is 0 Å². The minimum absolute atomic E-state index is 0.0617. The second-order valence-corrected chi connectivity index (χ2v) is 12.1. The molecular weight excluding hydrogens is 581 g/mol. The summed E-state index contributed by atoms with van der Waals surface area (Å²) in [7, 11) is 1.62. The lowest BCUT2D eigenvalue weighted by Crippen LogP contribution is -2.33. The van der Waals surface area contributed by atoms with Gasteiger partial charge in [-0.2, -0.15) is 5.10 Å². The maximum Gasteiger partial charge on any atom is 0.253 e. The van der Waals surface area contributed by atoms with Gasteiger partial charge in [0.15, 0.2) is 0 Å². The van der Waals surface area contributed by atoms with Crippen LogP contribution in [-0.4, -0.2) is 67.3 Å². The number of amides is 1. The number of imidazole rings is 1. The van der Waals surface area contributed by atoms with Gasteiger partial charge in [-0.05, 0) is 26.0 Å². The molecule has 0 bridgehead atoms. The lowest BCUT2D eigenvalue weighted by molar-refractivity contribution is 0.0732. The number of hydrogen-bond acceptors (Lipinski definition) is 11. The number of fused-ring (bicyclic) bond motifs is 2. The third-order valence-corrected chi connectivity index (χ3v) is 9.26. The number of rotatable bonds is 10. The van der Waals surface area contributed by atoms with Crippen molar-refractivity contribution in [3.63, 3.8) is 0 Å². The summed E-state index contributed by atoms with van der Waals surface area (Å²) in [6, 6.07) is 11.1. The summed E-state index contributed by atoms with van der Waals surface area (Å²) in [6.45, 7) is 4.92. The predicted molar refractivity (Wildman–Crippen MR) is 161 cm³/mol. The zero-order valence-electron chi connectivity index (χ0n) is 22.5. The summed E-state index contributed by atoms with van der Waals surface area (Å²) in [6.07, 6.45) is 1.89. The van der Waals surface area contributed by atoms with Crippen molar-refractivity contribution >= 4 is 55.1 Å². The second-order valence-electron chi connectivity index (χ2n) is 9.09. The van der Waals surface area contributed by atoms with Gasteiger partial charge in [0.25, 0.3) is 5.91 Å². The molecule has 0 atom stereocenters. The number of thiazole rings is 2. The summed E-state index contributed by atoms with van der Waals surface area (Å²) in [4.78, 5) is 29.4. The molecule has 0 unspecified atom stereocenters. The number of likely N-dealkylation sites (N-methyl/N-ethyl adjacent to an activating group) is 1. The number of nitrogens with zero attached hydrogens (tertiary/aromatic N) is 6. The van der Waals surface area contributed by atoms with Gasteiger partial charge >= 0.3 is 0 Å². The fourth-order valence-electron chi connectivity index (χ4n) is 4.33. The summed E-state index contributed by atoms with van der Waals surface area (Å²) in [5.74, 6) is 1.22. The number of hydrogen-bond donors (Lipinski definition) is 1. The Morgan fingerprint density at radius 1 is 1.10 bits per heavy atom. The smallest absolute Gasteiger partial charge is 0.253 e. The third-order valence-electron chi connectivity index (χ3n) is 6.37. The first-order valence-corrected chi connectivity index (χ1v) is 15.4. The molecule has 210 valence electrons. The van der Waals surface area contributed by atoms with Crippen LogP contribution in [0.4, 0.5) is 0 Å². The summed E-state index contributed by atoms with van der Waals surface area (Å²) in [5, 5.41) is 18.2. The SMILES string of the molecule is CCN(CCO)C(=O)c1ccc(-c2nc(COc3cc(OC)cc4nc(-c5cn6nc(C)sc6n5)sc34)cs2)cc1. The Labute approximate surface area is 247 Å². The highest BCUT2D eigenvalue weighted by Gasteiger charge is 2.18. The predicted octanol–water partition coefficient (Wildman–Crippen LogP) is 5.54. The van der Waals surface area contributed by atoms with Crippen molar-refractivity contribution in [1.29, 1.82) is 0 Å². The van der Waals surface area contributed by atoms with E-state index in [4.69, 9.17) is 19.4 Å². The monoisotopic (exact) mass is 606 g/mol. The molecule has 0 aliphatic carbocycles. The number of aliphatic hydroxyl groups excluding tert-OH is 1. The van der Waals surface area contributed by atoms with Crippen LogP contribution < -0.4 is 9.47 Å². The van der Waals surface area contributed by atoms with E-state index in [9.17, 15) is 9.90 Å². The van der Waals surface area contributed by atoms with E-state index in [2.05, 4.69) is 10.1 Å². The van der Waals surface area contributed by atoms with Crippen LogP contribution in [0.1, 0.15) is 28.0 Å². The highest BCUT2D eigenvalue weighted by molar-refractivity contribution is 7.22. The number of aromatic nitrogens is 5. The fraction of sp³-hybridized carbons (Fsp3) is 0.250. The van der Waals surface area contributed by atoms with Gasteiger partial charge < -0.3 is 19.5 Å². The van der Waals surface area contributed by atoms with Crippen molar-refractivity contribution in [3.05, 3.63) is 64.2 Å². The van der Waals surface area contributed by atoms with Crippen LogP contribution in [0.5, 0.6) is 11.5 Å². The molecular formula is C28H26N6O4S3. The van der Waals surface area contributed by atoms with Gasteiger partial charge in [-0.3, -0.25) is 4.79 Å². The van der Waals surface area contributed by atoms with E-state index in [1.807, 2.05) is 49.7 Å². The molecule has 4 heterocycles. The Hall–Kier alpha value is -3.91. The number of benzene rings is 2. The van der Waals surface area contributed by atoms with Crippen molar-refractivity contribution in [1.82, 2.24) is 29.5 Å². The van der Waals surface area contributed by atoms with Crippen LogP contribution in [0.15, 0.2) is 48.0 Å². The molecule has 6 rings (SSSR count). The molecule has 1 N–H and O–H groups in total. The standard InChI is InChI=1S/C28H26N6O4S3/c1-4-33(9-10-35)27(36)18-7-5-17(6-8-18)25-29-19(15-39-25)14-38-23-12-20(37-3)11-21-24(23)41-26(30-21)22-13-34-28(31-22)40-16(2)32-34/h5-8,11-13,15,35H,4,9-10,14H2,1-3H3. The van der Waals surface area contributed by atoms with Crippen LogP contribution in [0.2, 0.25) is 0 Å². The van der Waals surface area contributed by atoms with Gasteiger partial charge in [0.05, 0.1) is 35.8 Å². The zero-order chi connectivity index (χ0) is 28.5. The Morgan fingerprint density at radius 3 is 2.66 bits per heavy atom. The van der Waals surface area contributed by atoms with E-state index in [0.29, 0.717) is 30.2 Å². The topological polar surface area (TPSA) is 115 Å². The zero-order valence-corrected chi connectivity index (χ0v) is 25.0. The number of ether oxygens (including phenoxy) is 2. The molecule has 41 heavy (non-hydrogen) atoms. The van der Waals surface area contributed by atoms with Gasteiger partial charge in [0, 0.05) is 41.7 Å². The van der Waals surface area contributed by atoms with Crippen molar-refractivity contribution in [2.75, 3.05) is 26.8 Å². The van der Waals surface area contributed by atoms with Gasteiger partial charge in [0.1, 0.15) is 38.8 Å².